The molecule has 9 nitrogen and oxygen atoms in total. The molecule has 31 heavy (non-hydrogen) atoms. The Hall–Kier alpha value is -3.53. The SMILES string of the molecule is C[C@H](Nc1nccc(N2C(=O)OCC2[C@@H](C)O)n1)c1ccc(-c2cnn(C)c2)cc1F. The molecule has 1 fully saturated rings. The molecule has 4 rings (SSSR count). The molecule has 0 saturated carbocycles. The van der Waals surface area contributed by atoms with Crippen molar-refractivity contribution in [1.29, 1.82) is 0 Å². The Bertz CT molecular complexity index is 1100. The molecule has 1 aliphatic rings. The molecule has 3 aromatic rings. The number of aromatic nitrogens is 4. The number of aryl methyl sites for hydroxylation is 1. The molecule has 1 amide bonds. The fourth-order valence-corrected chi connectivity index (χ4v) is 3.51. The molecule has 3 atom stereocenters. The van der Waals surface area contributed by atoms with Gasteiger partial charge in [0.1, 0.15) is 24.3 Å². The Kier molecular flexibility index (Phi) is 5.55. The summed E-state index contributed by atoms with van der Waals surface area (Å²) in [5.74, 6) is 0.157. The predicted molar refractivity (Wildman–Crippen MR) is 112 cm³/mol. The summed E-state index contributed by atoms with van der Waals surface area (Å²) in [6.07, 6.45) is 3.62. The molecule has 2 aromatic heterocycles. The van der Waals surface area contributed by atoms with E-state index in [9.17, 15) is 14.3 Å². The third-order valence-corrected chi connectivity index (χ3v) is 5.20. The molecule has 0 bridgehead atoms. The number of hydrogen-bond donors (Lipinski definition) is 2. The summed E-state index contributed by atoms with van der Waals surface area (Å²) in [5.41, 5.74) is 2.01. The average Bonchev–Trinajstić information content (AvgIpc) is 3.33. The third kappa shape index (κ3) is 4.19. The summed E-state index contributed by atoms with van der Waals surface area (Å²) in [7, 11) is 1.81. The summed E-state index contributed by atoms with van der Waals surface area (Å²) in [5, 5.41) is 17.1. The van der Waals surface area contributed by atoms with Crippen molar-refractivity contribution in [1.82, 2.24) is 19.7 Å². The molecule has 1 unspecified atom stereocenters. The molecule has 0 spiro atoms. The van der Waals surface area contributed by atoms with Crippen LogP contribution in [-0.4, -0.2) is 49.7 Å². The van der Waals surface area contributed by atoms with E-state index in [4.69, 9.17) is 4.74 Å². The van der Waals surface area contributed by atoms with Crippen LogP contribution < -0.4 is 10.2 Å². The van der Waals surface area contributed by atoms with Crippen LogP contribution in [0.15, 0.2) is 42.9 Å². The molecule has 162 valence electrons. The maximum absolute atomic E-state index is 14.8. The van der Waals surface area contributed by atoms with Crippen molar-refractivity contribution in [3.63, 3.8) is 0 Å². The van der Waals surface area contributed by atoms with Crippen LogP contribution in [0.4, 0.5) is 21.0 Å². The van der Waals surface area contributed by atoms with Gasteiger partial charge in [0.25, 0.3) is 0 Å². The summed E-state index contributed by atoms with van der Waals surface area (Å²) in [6, 6.07) is 5.59. The van der Waals surface area contributed by atoms with Gasteiger partial charge < -0.3 is 15.2 Å². The number of aliphatic hydroxyl groups excluding tert-OH is 1. The van der Waals surface area contributed by atoms with Gasteiger partial charge in [-0.15, -0.1) is 0 Å². The number of anilines is 2. The first kappa shape index (κ1) is 20.7. The van der Waals surface area contributed by atoms with E-state index in [2.05, 4.69) is 20.4 Å². The van der Waals surface area contributed by atoms with Crippen LogP contribution in [0.5, 0.6) is 0 Å². The predicted octanol–water partition coefficient (Wildman–Crippen LogP) is 2.90. The number of amides is 1. The number of carbonyl (C=O) groups is 1. The molecular weight excluding hydrogens is 403 g/mol. The lowest BCUT2D eigenvalue weighted by Gasteiger charge is -2.23. The van der Waals surface area contributed by atoms with Crippen LogP contribution in [0.25, 0.3) is 11.1 Å². The molecular formula is C21H23FN6O3. The molecule has 3 heterocycles. The number of halogens is 1. The van der Waals surface area contributed by atoms with E-state index in [0.29, 0.717) is 11.4 Å². The van der Waals surface area contributed by atoms with Crippen molar-refractivity contribution < 1.29 is 19.0 Å². The first-order valence-corrected chi connectivity index (χ1v) is 9.85. The Balaban J connectivity index is 1.53. The summed E-state index contributed by atoms with van der Waals surface area (Å²) < 4.78 is 21.5. The van der Waals surface area contributed by atoms with E-state index in [-0.39, 0.29) is 18.4 Å². The Morgan fingerprint density at radius 2 is 2.10 bits per heavy atom. The van der Waals surface area contributed by atoms with E-state index in [1.165, 1.54) is 17.2 Å². The van der Waals surface area contributed by atoms with Gasteiger partial charge in [-0.2, -0.15) is 10.1 Å². The van der Waals surface area contributed by atoms with Gasteiger partial charge in [0.05, 0.1) is 18.3 Å². The highest BCUT2D eigenvalue weighted by molar-refractivity contribution is 5.89. The van der Waals surface area contributed by atoms with Gasteiger partial charge in [-0.1, -0.05) is 12.1 Å². The molecule has 1 saturated heterocycles. The van der Waals surface area contributed by atoms with Crippen molar-refractivity contribution in [3.05, 3.63) is 54.2 Å². The number of aliphatic hydroxyl groups is 1. The maximum Gasteiger partial charge on any atom is 0.416 e. The summed E-state index contributed by atoms with van der Waals surface area (Å²) in [6.45, 7) is 3.45. The average molecular weight is 426 g/mol. The first-order chi connectivity index (χ1) is 14.8. The lowest BCUT2D eigenvalue weighted by atomic mass is 10.0. The van der Waals surface area contributed by atoms with Crippen molar-refractivity contribution in [2.75, 3.05) is 16.8 Å². The number of carbonyl (C=O) groups excluding carboxylic acids is 1. The van der Waals surface area contributed by atoms with Gasteiger partial charge >= 0.3 is 6.09 Å². The van der Waals surface area contributed by atoms with E-state index in [1.807, 2.05) is 12.3 Å². The molecule has 0 aliphatic carbocycles. The zero-order valence-electron chi connectivity index (χ0n) is 17.4. The quantitative estimate of drug-likeness (QED) is 0.624. The Morgan fingerprint density at radius 3 is 2.77 bits per heavy atom. The first-order valence-electron chi connectivity index (χ1n) is 9.85. The minimum Gasteiger partial charge on any atom is -0.447 e. The van der Waals surface area contributed by atoms with E-state index >= 15 is 0 Å². The highest BCUT2D eigenvalue weighted by atomic mass is 19.1. The number of nitrogens with zero attached hydrogens (tertiary/aromatic N) is 5. The minimum absolute atomic E-state index is 0.0775. The molecule has 1 aliphatic heterocycles. The number of rotatable bonds is 6. The van der Waals surface area contributed by atoms with Crippen LogP contribution in [0.1, 0.15) is 25.5 Å². The lowest BCUT2D eigenvalue weighted by Crippen LogP contribution is -2.41. The highest BCUT2D eigenvalue weighted by Crippen LogP contribution is 2.27. The number of benzene rings is 1. The smallest absolute Gasteiger partial charge is 0.416 e. The van der Waals surface area contributed by atoms with Crippen molar-refractivity contribution in [2.45, 2.75) is 32.0 Å². The summed E-state index contributed by atoms with van der Waals surface area (Å²) in [4.78, 5) is 21.9. The van der Waals surface area contributed by atoms with Crippen molar-refractivity contribution in [2.24, 2.45) is 7.05 Å². The van der Waals surface area contributed by atoms with Gasteiger partial charge in [0.2, 0.25) is 5.95 Å². The second-order valence-corrected chi connectivity index (χ2v) is 7.50. The number of cyclic esters (lactones) is 1. The standard InChI is InChI=1S/C21H23FN6O3/c1-12(16-5-4-14(8-17(16)22)15-9-24-27(3)10-15)25-20-23-7-6-19(26-20)28-18(13(2)29)11-31-21(28)30/h4-10,12-13,18,29H,11H2,1-3H3,(H,23,25,26)/t12-,13+,18?/m0/s1. The fourth-order valence-electron chi connectivity index (χ4n) is 3.51. The zero-order valence-corrected chi connectivity index (χ0v) is 17.4. The van der Waals surface area contributed by atoms with Gasteiger partial charge in [-0.3, -0.25) is 9.58 Å². The molecule has 1 aromatic carbocycles. The molecule has 0 radical (unpaired) electrons. The van der Waals surface area contributed by atoms with E-state index in [1.54, 1.807) is 43.9 Å². The van der Waals surface area contributed by atoms with Crippen LogP contribution >= 0.6 is 0 Å². The number of nitrogens with one attached hydrogen (secondary N) is 1. The largest absolute Gasteiger partial charge is 0.447 e. The topological polar surface area (TPSA) is 105 Å². The number of ether oxygens (including phenoxy) is 1. The highest BCUT2D eigenvalue weighted by Gasteiger charge is 2.38. The maximum atomic E-state index is 14.8. The van der Waals surface area contributed by atoms with Gasteiger partial charge in [0, 0.05) is 30.6 Å². The fraction of sp³-hybridized carbons (Fsp3) is 0.333. The zero-order chi connectivity index (χ0) is 22.1. The molecule has 2 N–H and O–H groups in total. The summed E-state index contributed by atoms with van der Waals surface area (Å²) >= 11 is 0. The van der Waals surface area contributed by atoms with Crippen LogP contribution in [0.3, 0.4) is 0 Å². The van der Waals surface area contributed by atoms with Gasteiger partial charge in [0.15, 0.2) is 0 Å². The van der Waals surface area contributed by atoms with Crippen molar-refractivity contribution in [3.8, 4) is 11.1 Å². The normalized spacial score (nSPS) is 18.0. The van der Waals surface area contributed by atoms with Gasteiger partial charge in [-0.25, -0.2) is 14.2 Å². The van der Waals surface area contributed by atoms with E-state index in [0.717, 1.165) is 11.1 Å². The number of hydrogen-bond acceptors (Lipinski definition) is 7. The van der Waals surface area contributed by atoms with Crippen LogP contribution in [-0.2, 0) is 11.8 Å². The lowest BCUT2D eigenvalue weighted by molar-refractivity contribution is 0.142. The van der Waals surface area contributed by atoms with Crippen LogP contribution in [0, 0.1) is 5.82 Å². The van der Waals surface area contributed by atoms with E-state index < -0.39 is 24.3 Å². The monoisotopic (exact) mass is 426 g/mol. The van der Waals surface area contributed by atoms with Crippen molar-refractivity contribution >= 4 is 17.9 Å². The van der Waals surface area contributed by atoms with Crippen LogP contribution in [0.2, 0.25) is 0 Å². The molecule has 10 heteroatoms. The Morgan fingerprint density at radius 1 is 1.29 bits per heavy atom. The minimum atomic E-state index is -0.788. The van der Waals surface area contributed by atoms with Gasteiger partial charge in [-0.05, 0) is 31.5 Å². The third-order valence-electron chi connectivity index (χ3n) is 5.20. The Labute approximate surface area is 178 Å². The second-order valence-electron chi connectivity index (χ2n) is 7.50. The second kappa shape index (κ2) is 8.31.